The molecule has 0 spiro atoms. The summed E-state index contributed by atoms with van der Waals surface area (Å²) in [5.41, 5.74) is 2.06. The number of benzene rings is 1. The molecule has 0 bridgehead atoms. The minimum absolute atomic E-state index is 0.214. The average Bonchev–Trinajstić information content (AvgIpc) is 3.06. The molecule has 0 aliphatic carbocycles. The van der Waals surface area contributed by atoms with E-state index in [2.05, 4.69) is 20.4 Å². The molecule has 0 amide bonds. The molecule has 1 aromatic carbocycles. The summed E-state index contributed by atoms with van der Waals surface area (Å²) in [6.07, 6.45) is 0. The maximum atomic E-state index is 8.93. The van der Waals surface area contributed by atoms with E-state index in [1.807, 2.05) is 11.4 Å². The molecule has 20 heavy (non-hydrogen) atoms. The first kappa shape index (κ1) is 13.1. The molecular formula is C12H5Cl2N5S. The molecule has 3 rings (SSSR count). The van der Waals surface area contributed by atoms with Crippen LogP contribution in [0.1, 0.15) is 5.69 Å². The maximum Gasteiger partial charge on any atom is 0.192 e. The second-order valence-corrected chi connectivity index (χ2v) is 5.56. The second kappa shape index (κ2) is 5.21. The Morgan fingerprint density at radius 3 is 2.60 bits per heavy atom. The molecule has 0 radical (unpaired) electrons. The summed E-state index contributed by atoms with van der Waals surface area (Å²) in [5, 5.41) is 22.7. The number of nitriles is 1. The minimum Gasteiger partial charge on any atom is -0.234 e. The first-order valence-corrected chi connectivity index (χ1v) is 7.04. The number of thiazole rings is 1. The Hall–Kier alpha value is -1.94. The fourth-order valence-electron chi connectivity index (χ4n) is 1.68. The summed E-state index contributed by atoms with van der Waals surface area (Å²) in [7, 11) is 0. The van der Waals surface area contributed by atoms with Gasteiger partial charge in [0.05, 0.1) is 0 Å². The van der Waals surface area contributed by atoms with Gasteiger partial charge >= 0.3 is 0 Å². The summed E-state index contributed by atoms with van der Waals surface area (Å²) in [4.78, 5) is 4.44. The van der Waals surface area contributed by atoms with Crippen molar-refractivity contribution >= 4 is 34.5 Å². The Labute approximate surface area is 127 Å². The van der Waals surface area contributed by atoms with Crippen molar-refractivity contribution in [1.29, 1.82) is 5.26 Å². The van der Waals surface area contributed by atoms with E-state index in [9.17, 15) is 0 Å². The lowest BCUT2D eigenvalue weighted by atomic mass is 10.2. The van der Waals surface area contributed by atoms with Crippen LogP contribution in [0, 0.1) is 11.3 Å². The number of halogens is 2. The fraction of sp³-hybridized carbons (Fsp3) is 0. The molecule has 0 saturated heterocycles. The van der Waals surface area contributed by atoms with Gasteiger partial charge in [-0.2, -0.15) is 15.6 Å². The predicted octanol–water partition coefficient (Wildman–Crippen LogP) is 3.77. The first-order valence-electron chi connectivity index (χ1n) is 5.40. The van der Waals surface area contributed by atoms with Gasteiger partial charge < -0.3 is 0 Å². The van der Waals surface area contributed by atoms with Gasteiger partial charge in [0.25, 0.3) is 0 Å². The number of aromatic nitrogens is 4. The molecule has 5 nitrogen and oxygen atoms in total. The lowest BCUT2D eigenvalue weighted by molar-refractivity contribution is 0.936. The molecule has 0 fully saturated rings. The van der Waals surface area contributed by atoms with Crippen LogP contribution in [0.2, 0.25) is 10.0 Å². The quantitative estimate of drug-likeness (QED) is 0.779. The average molecular weight is 322 g/mol. The third kappa shape index (κ3) is 2.39. The van der Waals surface area contributed by atoms with Crippen LogP contribution in [0.15, 0.2) is 23.6 Å². The van der Waals surface area contributed by atoms with Gasteiger partial charge in [-0.25, -0.2) is 4.98 Å². The van der Waals surface area contributed by atoms with Crippen molar-refractivity contribution in [2.24, 2.45) is 0 Å². The zero-order valence-corrected chi connectivity index (χ0v) is 12.1. The monoisotopic (exact) mass is 321 g/mol. The van der Waals surface area contributed by atoms with E-state index in [1.165, 1.54) is 11.3 Å². The van der Waals surface area contributed by atoms with Crippen LogP contribution >= 0.6 is 34.5 Å². The second-order valence-electron chi connectivity index (χ2n) is 3.83. The van der Waals surface area contributed by atoms with Crippen LogP contribution in [0.25, 0.3) is 22.0 Å². The van der Waals surface area contributed by atoms with Gasteiger partial charge in [0.2, 0.25) is 0 Å². The number of rotatable bonds is 2. The number of hydrogen-bond donors (Lipinski definition) is 1. The van der Waals surface area contributed by atoms with Crippen molar-refractivity contribution in [2.45, 2.75) is 0 Å². The molecule has 2 heterocycles. The van der Waals surface area contributed by atoms with Crippen molar-refractivity contribution in [1.82, 2.24) is 20.4 Å². The van der Waals surface area contributed by atoms with E-state index in [0.717, 1.165) is 10.6 Å². The van der Waals surface area contributed by atoms with Crippen molar-refractivity contribution in [3.05, 3.63) is 39.3 Å². The Balaban J connectivity index is 2.04. The van der Waals surface area contributed by atoms with Gasteiger partial charge in [-0.05, 0) is 18.2 Å². The van der Waals surface area contributed by atoms with Crippen LogP contribution in [-0.2, 0) is 0 Å². The molecule has 1 N–H and O–H groups in total. The lowest BCUT2D eigenvalue weighted by Crippen LogP contribution is -1.83. The summed E-state index contributed by atoms with van der Waals surface area (Å²) in [6, 6.07) is 7.18. The van der Waals surface area contributed by atoms with Gasteiger partial charge in [0.15, 0.2) is 5.69 Å². The molecule has 0 unspecified atom stereocenters. The predicted molar refractivity (Wildman–Crippen MR) is 77.7 cm³/mol. The van der Waals surface area contributed by atoms with Gasteiger partial charge in [-0.1, -0.05) is 23.2 Å². The smallest absolute Gasteiger partial charge is 0.192 e. The van der Waals surface area contributed by atoms with Crippen LogP contribution < -0.4 is 0 Å². The molecular weight excluding hydrogens is 317 g/mol. The van der Waals surface area contributed by atoms with Gasteiger partial charge in [-0.15, -0.1) is 16.4 Å². The Morgan fingerprint density at radius 1 is 1.15 bits per heavy atom. The highest BCUT2D eigenvalue weighted by molar-refractivity contribution is 7.13. The molecule has 98 valence electrons. The van der Waals surface area contributed by atoms with E-state index in [-0.39, 0.29) is 5.69 Å². The standard InChI is InChI=1S/C12H5Cl2N5S/c13-7-1-6(2-8(14)3-7)12-16-10(5-20-12)11-9(4-15)17-19-18-11/h1-3,5H,(H,17,18,19). The number of hydrogen-bond acceptors (Lipinski definition) is 5. The highest BCUT2D eigenvalue weighted by Crippen LogP contribution is 2.32. The molecule has 0 aliphatic rings. The molecule has 2 aromatic heterocycles. The highest BCUT2D eigenvalue weighted by atomic mass is 35.5. The first-order chi connectivity index (χ1) is 9.67. The summed E-state index contributed by atoms with van der Waals surface area (Å²) in [6.45, 7) is 0. The Kier molecular flexibility index (Phi) is 3.40. The van der Waals surface area contributed by atoms with Crippen molar-refractivity contribution in [3.8, 4) is 28.0 Å². The van der Waals surface area contributed by atoms with Crippen LogP contribution in [-0.4, -0.2) is 20.4 Å². The number of aromatic amines is 1. The lowest BCUT2D eigenvalue weighted by Gasteiger charge is -1.98. The number of nitrogens with zero attached hydrogens (tertiary/aromatic N) is 4. The van der Waals surface area contributed by atoms with Crippen LogP contribution in [0.5, 0.6) is 0 Å². The minimum atomic E-state index is 0.214. The molecule has 0 atom stereocenters. The largest absolute Gasteiger partial charge is 0.234 e. The highest BCUT2D eigenvalue weighted by Gasteiger charge is 2.14. The third-order valence-electron chi connectivity index (χ3n) is 2.51. The Morgan fingerprint density at radius 2 is 1.90 bits per heavy atom. The summed E-state index contributed by atoms with van der Waals surface area (Å²) < 4.78 is 0. The van der Waals surface area contributed by atoms with Crippen LogP contribution in [0.3, 0.4) is 0 Å². The topological polar surface area (TPSA) is 78.2 Å². The summed E-state index contributed by atoms with van der Waals surface area (Å²) in [5.74, 6) is 0. The number of nitrogens with one attached hydrogen (secondary N) is 1. The van der Waals surface area contributed by atoms with E-state index >= 15 is 0 Å². The van der Waals surface area contributed by atoms with E-state index < -0.39 is 0 Å². The molecule has 3 aromatic rings. The van der Waals surface area contributed by atoms with Crippen molar-refractivity contribution < 1.29 is 0 Å². The molecule has 0 saturated carbocycles. The SMILES string of the molecule is N#Cc1n[nH]nc1-c1csc(-c2cc(Cl)cc(Cl)c2)n1. The zero-order valence-electron chi connectivity index (χ0n) is 9.76. The third-order valence-corrected chi connectivity index (χ3v) is 3.84. The fourth-order valence-corrected chi connectivity index (χ4v) is 3.00. The summed E-state index contributed by atoms with van der Waals surface area (Å²) >= 11 is 13.4. The number of H-pyrrole nitrogens is 1. The normalized spacial score (nSPS) is 10.4. The van der Waals surface area contributed by atoms with E-state index in [1.54, 1.807) is 18.2 Å². The van der Waals surface area contributed by atoms with Gasteiger partial charge in [0, 0.05) is 21.0 Å². The molecule has 0 aliphatic heterocycles. The maximum absolute atomic E-state index is 8.93. The zero-order chi connectivity index (χ0) is 14.1. The van der Waals surface area contributed by atoms with Gasteiger partial charge in [0.1, 0.15) is 22.5 Å². The van der Waals surface area contributed by atoms with Crippen molar-refractivity contribution in [3.63, 3.8) is 0 Å². The molecule has 8 heteroatoms. The van der Waals surface area contributed by atoms with E-state index in [4.69, 9.17) is 28.5 Å². The van der Waals surface area contributed by atoms with Gasteiger partial charge in [-0.3, -0.25) is 0 Å². The van der Waals surface area contributed by atoms with Crippen molar-refractivity contribution in [2.75, 3.05) is 0 Å². The van der Waals surface area contributed by atoms with E-state index in [0.29, 0.717) is 21.4 Å². The van der Waals surface area contributed by atoms with Crippen LogP contribution in [0.4, 0.5) is 0 Å². The Bertz CT molecular complexity index is 797.